The highest BCUT2D eigenvalue weighted by Gasteiger charge is 2.59. The lowest BCUT2D eigenvalue weighted by atomic mass is 9.89. The molecule has 10 aromatic carbocycles. The first kappa shape index (κ1) is 38.8. The Labute approximate surface area is 369 Å². The van der Waals surface area contributed by atoms with Crippen LogP contribution in [0.2, 0.25) is 39.3 Å². The average Bonchev–Trinajstić information content (AvgIpc) is 3.61. The smallest absolute Gasteiger partial charge is 0.0688 e. The summed E-state index contributed by atoms with van der Waals surface area (Å²) < 4.78 is 0.0103. The predicted molar refractivity (Wildman–Crippen MR) is 278 cm³/mol. The maximum atomic E-state index is 2.63. The molecule has 0 aliphatic heterocycles. The zero-order chi connectivity index (χ0) is 42.4. The molecule has 0 heterocycles. The first-order chi connectivity index (χ1) is 30.0. The minimum Gasteiger partial charge on any atom is -0.0688 e. The van der Waals surface area contributed by atoms with E-state index in [9.17, 15) is 0 Å². The van der Waals surface area contributed by atoms with Crippen LogP contribution >= 0.6 is 0 Å². The summed E-state index contributed by atoms with van der Waals surface area (Å²) in [7, 11) is -6.51. The van der Waals surface area contributed by atoms with Crippen LogP contribution in [0.15, 0.2) is 206 Å². The van der Waals surface area contributed by atoms with E-state index in [1.54, 1.807) is 11.1 Å². The van der Waals surface area contributed by atoms with Gasteiger partial charge in [0, 0.05) is 4.66 Å². The molecule has 10 aromatic rings. The van der Waals surface area contributed by atoms with E-state index < -0.39 is 24.2 Å². The molecule has 0 bridgehead atoms. The van der Waals surface area contributed by atoms with Crippen LogP contribution < -0.4 is 20.7 Å². The van der Waals surface area contributed by atoms with Crippen molar-refractivity contribution in [3.8, 4) is 33.4 Å². The molecular formula is C59H52Si3. The Morgan fingerprint density at radius 2 is 0.710 bits per heavy atom. The van der Waals surface area contributed by atoms with Gasteiger partial charge in [-0.15, -0.1) is 0 Å². The minimum atomic E-state index is -2.62. The number of hydrogen-bond acceptors (Lipinski definition) is 0. The zero-order valence-electron chi connectivity index (χ0n) is 36.6. The average molecular weight is 845 g/mol. The summed E-state index contributed by atoms with van der Waals surface area (Å²) >= 11 is 0. The van der Waals surface area contributed by atoms with Crippen molar-refractivity contribution in [3.05, 3.63) is 217 Å². The molecule has 0 atom stereocenters. The molecule has 0 aromatic heterocycles. The second-order valence-electron chi connectivity index (χ2n) is 19.7. The maximum absolute atomic E-state index is 2.63. The van der Waals surface area contributed by atoms with Gasteiger partial charge in [0.15, 0.2) is 8.07 Å². The highest BCUT2D eigenvalue weighted by atomic mass is 28.4. The number of hydrogen-bond donors (Lipinski definition) is 0. The molecule has 0 saturated heterocycles. The second-order valence-corrected chi connectivity index (χ2v) is 34.5. The fourth-order valence-electron chi connectivity index (χ4n) is 12.4. The third kappa shape index (κ3) is 5.54. The topological polar surface area (TPSA) is 0 Å². The zero-order valence-corrected chi connectivity index (χ0v) is 39.6. The highest BCUT2D eigenvalue weighted by molar-refractivity contribution is 7.19. The van der Waals surface area contributed by atoms with E-state index in [1.807, 2.05) is 0 Å². The van der Waals surface area contributed by atoms with E-state index in [4.69, 9.17) is 0 Å². The SMILES string of the molecule is C[Si](C)(C)C1([Si](C)(C)C)c2cc(-c3ccc([Si](c4ccccc4)(c4ccccc4)c4ccccc4)cc3)ccc2-c2ccc(-c3ccc4ccc5cccc6ccc3c4c56)cc21. The van der Waals surface area contributed by atoms with Crippen molar-refractivity contribution in [2.45, 2.75) is 43.9 Å². The van der Waals surface area contributed by atoms with E-state index in [1.165, 1.54) is 86.4 Å². The van der Waals surface area contributed by atoms with Crippen molar-refractivity contribution in [1.29, 1.82) is 0 Å². The first-order valence-electron chi connectivity index (χ1n) is 22.3. The van der Waals surface area contributed by atoms with Crippen molar-refractivity contribution >= 4 is 77.3 Å². The van der Waals surface area contributed by atoms with Gasteiger partial charge in [0.1, 0.15) is 0 Å². The van der Waals surface area contributed by atoms with Gasteiger partial charge >= 0.3 is 0 Å². The molecule has 0 fully saturated rings. The molecule has 0 amide bonds. The van der Waals surface area contributed by atoms with E-state index >= 15 is 0 Å². The van der Waals surface area contributed by atoms with Crippen LogP contribution in [0.4, 0.5) is 0 Å². The van der Waals surface area contributed by atoms with Gasteiger partial charge in [-0.05, 0) is 97.6 Å². The lowest BCUT2D eigenvalue weighted by Gasteiger charge is -2.51. The summed E-state index contributed by atoms with van der Waals surface area (Å²) in [6.45, 7) is 15.8. The fraction of sp³-hybridized carbons (Fsp3) is 0.119. The van der Waals surface area contributed by atoms with Crippen LogP contribution in [0.3, 0.4) is 0 Å². The Hall–Kier alpha value is -6.11. The Morgan fingerprint density at radius 1 is 0.306 bits per heavy atom. The molecule has 3 heteroatoms. The van der Waals surface area contributed by atoms with Crippen molar-refractivity contribution < 1.29 is 0 Å². The van der Waals surface area contributed by atoms with Gasteiger partial charge < -0.3 is 0 Å². The molecule has 0 spiro atoms. The monoisotopic (exact) mass is 844 g/mol. The Balaban J connectivity index is 1.07. The van der Waals surface area contributed by atoms with E-state index in [0.717, 1.165) is 0 Å². The maximum Gasteiger partial charge on any atom is 0.179 e. The van der Waals surface area contributed by atoms with Gasteiger partial charge in [0.2, 0.25) is 0 Å². The molecule has 0 nitrogen and oxygen atoms in total. The number of rotatable bonds is 8. The standard InChI is InChI=1S/C59H52Si3/c1-60(2,3)59(61(4,5)6)55-39-45(41-27-33-50(34-28-41)62(47-19-10-7-11-20-47,48-21-12-8-13-22-48)49-23-14-9-15-24-49)31-36-52(55)53-37-32-46(40-56(53)59)51-35-29-44-26-25-42-17-16-18-43-30-38-54(51)58(44)57(42)43/h7-40H,1-6H3. The summed E-state index contributed by atoms with van der Waals surface area (Å²) in [6.07, 6.45) is 0. The lowest BCUT2D eigenvalue weighted by Crippen LogP contribution is -2.74. The molecule has 0 N–H and O–H groups in total. The molecular weight excluding hydrogens is 793 g/mol. The number of fused-ring (bicyclic) bond motifs is 3. The van der Waals surface area contributed by atoms with Crippen LogP contribution in [0, 0.1) is 0 Å². The van der Waals surface area contributed by atoms with E-state index in [2.05, 4.69) is 246 Å². The van der Waals surface area contributed by atoms with Crippen molar-refractivity contribution in [2.75, 3.05) is 0 Å². The van der Waals surface area contributed by atoms with E-state index in [-0.39, 0.29) is 4.66 Å². The summed E-state index contributed by atoms with van der Waals surface area (Å²) in [5.74, 6) is 0. The van der Waals surface area contributed by atoms with Crippen molar-refractivity contribution in [2.24, 2.45) is 0 Å². The molecule has 0 saturated carbocycles. The summed E-state index contributed by atoms with van der Waals surface area (Å²) in [5, 5.41) is 13.7. The Kier molecular flexibility index (Phi) is 8.89. The molecule has 1 aliphatic rings. The summed E-state index contributed by atoms with van der Waals surface area (Å²) in [5.41, 5.74) is 11.2. The van der Waals surface area contributed by atoms with Crippen LogP contribution in [0.5, 0.6) is 0 Å². The van der Waals surface area contributed by atoms with Crippen molar-refractivity contribution in [3.63, 3.8) is 0 Å². The van der Waals surface area contributed by atoms with Crippen LogP contribution in [0.1, 0.15) is 11.1 Å². The predicted octanol–water partition coefficient (Wildman–Crippen LogP) is 13.3. The van der Waals surface area contributed by atoms with Gasteiger partial charge in [0.05, 0.1) is 16.1 Å². The summed E-state index contributed by atoms with van der Waals surface area (Å²) in [6, 6.07) is 79.2. The molecule has 300 valence electrons. The summed E-state index contributed by atoms with van der Waals surface area (Å²) in [4.78, 5) is 0. The normalized spacial score (nSPS) is 13.8. The Morgan fingerprint density at radius 3 is 1.23 bits per heavy atom. The van der Waals surface area contributed by atoms with Crippen LogP contribution in [0.25, 0.3) is 65.7 Å². The first-order valence-corrected chi connectivity index (χ1v) is 31.3. The Bertz CT molecular complexity index is 3160. The minimum absolute atomic E-state index is 0.0103. The van der Waals surface area contributed by atoms with E-state index in [0.29, 0.717) is 0 Å². The van der Waals surface area contributed by atoms with Gasteiger partial charge in [-0.1, -0.05) is 246 Å². The molecule has 62 heavy (non-hydrogen) atoms. The molecule has 1 aliphatic carbocycles. The van der Waals surface area contributed by atoms with Gasteiger partial charge in [-0.25, -0.2) is 0 Å². The highest BCUT2D eigenvalue weighted by Crippen LogP contribution is 2.59. The number of benzene rings is 10. The molecule has 0 unspecified atom stereocenters. The van der Waals surface area contributed by atoms with Gasteiger partial charge in [-0.3, -0.25) is 0 Å². The fourth-order valence-corrected chi connectivity index (χ4v) is 30.2. The molecule has 0 radical (unpaired) electrons. The third-order valence-corrected chi connectivity index (χ3v) is 29.4. The second kappa shape index (κ2) is 14.2. The van der Waals surface area contributed by atoms with Crippen LogP contribution in [-0.4, -0.2) is 24.2 Å². The third-order valence-electron chi connectivity index (χ3n) is 14.5. The molecule has 11 rings (SSSR count). The van der Waals surface area contributed by atoms with Gasteiger partial charge in [0.25, 0.3) is 0 Å². The largest absolute Gasteiger partial charge is 0.179 e. The lowest BCUT2D eigenvalue weighted by molar-refractivity contribution is 0.953. The van der Waals surface area contributed by atoms with Crippen LogP contribution in [-0.2, 0) is 4.66 Å². The van der Waals surface area contributed by atoms with Crippen molar-refractivity contribution in [1.82, 2.24) is 0 Å². The van der Waals surface area contributed by atoms with Gasteiger partial charge in [-0.2, -0.15) is 0 Å². The quantitative estimate of drug-likeness (QED) is 0.0812.